The van der Waals surface area contributed by atoms with Crippen LogP contribution in [0.25, 0.3) is 10.2 Å². The van der Waals surface area contributed by atoms with Crippen molar-refractivity contribution in [3.63, 3.8) is 0 Å². The van der Waals surface area contributed by atoms with Crippen LogP contribution in [-0.4, -0.2) is 29.9 Å². The highest BCUT2D eigenvalue weighted by atomic mass is 32.1. The highest BCUT2D eigenvalue weighted by Gasteiger charge is 2.34. The largest absolute Gasteiger partial charge is 0.350 e. The Labute approximate surface area is 142 Å². The number of para-hydroxylation sites is 1. The zero-order valence-corrected chi connectivity index (χ0v) is 13.9. The minimum Gasteiger partial charge on any atom is -0.350 e. The molecule has 7 heteroatoms. The molecule has 2 aromatic rings. The van der Waals surface area contributed by atoms with Crippen LogP contribution in [-0.2, 0) is 4.79 Å². The lowest BCUT2D eigenvalue weighted by molar-refractivity contribution is -0.127. The molecule has 2 atom stereocenters. The number of nitrogens with two attached hydrogens (primary N) is 1. The van der Waals surface area contributed by atoms with Crippen molar-refractivity contribution in [1.82, 2.24) is 10.3 Å². The lowest BCUT2D eigenvalue weighted by Gasteiger charge is -2.26. The number of fused-ring (bicyclic) bond motifs is 1. The smallest absolute Gasteiger partial charge is 0.277 e. The number of nitrogens with one attached hydrogen (secondary N) is 1. The summed E-state index contributed by atoms with van der Waals surface area (Å²) in [6, 6.07) is 7.80. The van der Waals surface area contributed by atoms with Crippen molar-refractivity contribution < 1.29 is 13.6 Å². The maximum Gasteiger partial charge on any atom is 0.277 e. The zero-order chi connectivity index (χ0) is 17.2. The summed E-state index contributed by atoms with van der Waals surface area (Å²) >= 11 is 1.56. The van der Waals surface area contributed by atoms with Gasteiger partial charge >= 0.3 is 0 Å². The first-order chi connectivity index (χ1) is 11.5. The van der Waals surface area contributed by atoms with Crippen molar-refractivity contribution in [1.29, 1.82) is 0 Å². The number of carbonyl (C=O) groups is 1. The number of aromatic nitrogens is 1. The van der Waals surface area contributed by atoms with E-state index in [0.29, 0.717) is 12.8 Å². The summed E-state index contributed by atoms with van der Waals surface area (Å²) < 4.78 is 27.6. The van der Waals surface area contributed by atoms with Gasteiger partial charge in [-0.05, 0) is 25.0 Å². The molecule has 0 radical (unpaired) electrons. The van der Waals surface area contributed by atoms with E-state index >= 15 is 0 Å². The molecule has 4 nitrogen and oxygen atoms in total. The normalized spacial score (nSPS) is 21.1. The van der Waals surface area contributed by atoms with E-state index in [-0.39, 0.29) is 17.7 Å². The summed E-state index contributed by atoms with van der Waals surface area (Å²) in [5.41, 5.74) is 5.92. The molecule has 1 aliphatic rings. The number of hydrogen-bond donors (Lipinski definition) is 2. The molecule has 1 heterocycles. The van der Waals surface area contributed by atoms with E-state index in [2.05, 4.69) is 10.3 Å². The average molecular weight is 351 g/mol. The Morgan fingerprint density at radius 1 is 1.33 bits per heavy atom. The van der Waals surface area contributed by atoms with Crippen LogP contribution in [0, 0.1) is 5.92 Å². The highest BCUT2D eigenvalue weighted by Crippen LogP contribution is 2.38. The molecule has 2 unspecified atom stereocenters. The van der Waals surface area contributed by atoms with E-state index in [9.17, 15) is 13.6 Å². The number of thiazole rings is 1. The maximum absolute atomic E-state index is 13.3. The lowest BCUT2D eigenvalue weighted by Crippen LogP contribution is -2.44. The standard InChI is InChI=1S/C17H19F2N3OS/c18-17(19,9-20)10-21-15(23)11-5-1-2-6-12(11)16-22-13-7-3-4-8-14(13)24-16/h1-4,7-8,11-12H,5-6,9-10,20H2,(H,21,23). The molecule has 3 rings (SSSR count). The van der Waals surface area contributed by atoms with Gasteiger partial charge in [-0.1, -0.05) is 24.3 Å². The number of hydrogen-bond acceptors (Lipinski definition) is 4. The van der Waals surface area contributed by atoms with Crippen molar-refractivity contribution in [2.75, 3.05) is 13.1 Å². The van der Waals surface area contributed by atoms with E-state index < -0.39 is 19.0 Å². The predicted molar refractivity (Wildman–Crippen MR) is 91.2 cm³/mol. The van der Waals surface area contributed by atoms with Gasteiger partial charge in [-0.3, -0.25) is 4.79 Å². The van der Waals surface area contributed by atoms with Crippen LogP contribution in [0.1, 0.15) is 23.8 Å². The third kappa shape index (κ3) is 3.62. The number of halogens is 2. The Morgan fingerprint density at radius 2 is 2.08 bits per heavy atom. The third-order valence-corrected chi connectivity index (χ3v) is 5.38. The second-order valence-electron chi connectivity index (χ2n) is 5.95. The molecule has 0 saturated carbocycles. The van der Waals surface area contributed by atoms with Gasteiger partial charge in [0, 0.05) is 5.92 Å². The molecule has 1 amide bonds. The Bertz CT molecular complexity index is 726. The molecule has 0 bridgehead atoms. The van der Waals surface area contributed by atoms with Crippen LogP contribution in [0.5, 0.6) is 0 Å². The first kappa shape index (κ1) is 17.0. The van der Waals surface area contributed by atoms with Gasteiger partial charge in [0.2, 0.25) is 5.91 Å². The fraction of sp³-hybridized carbons (Fsp3) is 0.412. The molecule has 0 saturated heterocycles. The van der Waals surface area contributed by atoms with Crippen LogP contribution in [0.4, 0.5) is 8.78 Å². The molecular formula is C17H19F2N3OS. The van der Waals surface area contributed by atoms with Gasteiger partial charge in [0.1, 0.15) is 0 Å². The van der Waals surface area contributed by atoms with Crippen molar-refractivity contribution in [2.24, 2.45) is 11.7 Å². The van der Waals surface area contributed by atoms with Gasteiger partial charge in [-0.25, -0.2) is 13.8 Å². The Balaban J connectivity index is 1.78. The van der Waals surface area contributed by atoms with Gasteiger partial charge in [0.25, 0.3) is 5.92 Å². The van der Waals surface area contributed by atoms with Gasteiger partial charge in [0.15, 0.2) is 0 Å². The van der Waals surface area contributed by atoms with Crippen molar-refractivity contribution in [3.05, 3.63) is 41.4 Å². The van der Waals surface area contributed by atoms with Gasteiger partial charge in [-0.2, -0.15) is 0 Å². The summed E-state index contributed by atoms with van der Waals surface area (Å²) in [6.45, 7) is -1.51. The topological polar surface area (TPSA) is 68.0 Å². The average Bonchev–Trinajstić information content (AvgIpc) is 3.04. The van der Waals surface area contributed by atoms with E-state index in [4.69, 9.17) is 5.73 Å². The maximum atomic E-state index is 13.3. The molecule has 0 spiro atoms. The Kier molecular flexibility index (Phi) is 4.91. The molecule has 1 aliphatic carbocycles. The number of rotatable bonds is 5. The van der Waals surface area contributed by atoms with E-state index in [1.807, 2.05) is 36.4 Å². The summed E-state index contributed by atoms with van der Waals surface area (Å²) in [6.07, 6.45) is 5.16. The van der Waals surface area contributed by atoms with Gasteiger partial charge in [-0.15, -0.1) is 11.3 Å². The number of nitrogens with zero attached hydrogens (tertiary/aromatic N) is 1. The summed E-state index contributed by atoms with van der Waals surface area (Å²) in [5, 5.41) is 3.23. The fourth-order valence-electron chi connectivity index (χ4n) is 2.85. The van der Waals surface area contributed by atoms with E-state index in [1.54, 1.807) is 11.3 Å². The van der Waals surface area contributed by atoms with E-state index in [0.717, 1.165) is 15.2 Å². The Morgan fingerprint density at radius 3 is 2.83 bits per heavy atom. The first-order valence-corrected chi connectivity index (χ1v) is 8.68. The van der Waals surface area contributed by atoms with Gasteiger partial charge in [0.05, 0.1) is 34.2 Å². The van der Waals surface area contributed by atoms with Crippen molar-refractivity contribution in [2.45, 2.75) is 24.7 Å². The first-order valence-electron chi connectivity index (χ1n) is 7.86. The molecule has 24 heavy (non-hydrogen) atoms. The number of amides is 1. The minimum absolute atomic E-state index is 0.0844. The van der Waals surface area contributed by atoms with Crippen molar-refractivity contribution in [3.8, 4) is 0 Å². The number of allylic oxidation sites excluding steroid dienone is 2. The predicted octanol–water partition coefficient (Wildman–Crippen LogP) is 3.06. The molecule has 0 aliphatic heterocycles. The molecular weight excluding hydrogens is 332 g/mol. The monoisotopic (exact) mass is 351 g/mol. The van der Waals surface area contributed by atoms with Crippen LogP contribution in [0.15, 0.2) is 36.4 Å². The quantitative estimate of drug-likeness (QED) is 0.814. The summed E-state index contributed by atoms with van der Waals surface area (Å²) in [7, 11) is 0. The summed E-state index contributed by atoms with van der Waals surface area (Å²) in [5.74, 6) is -3.91. The van der Waals surface area contributed by atoms with Crippen LogP contribution in [0.3, 0.4) is 0 Å². The number of alkyl halides is 2. The molecule has 1 aromatic carbocycles. The van der Waals surface area contributed by atoms with Crippen LogP contribution >= 0.6 is 11.3 Å². The molecule has 0 fully saturated rings. The Hall–Kier alpha value is -1.86. The zero-order valence-electron chi connectivity index (χ0n) is 13.0. The van der Waals surface area contributed by atoms with Crippen LogP contribution < -0.4 is 11.1 Å². The molecule has 128 valence electrons. The van der Waals surface area contributed by atoms with Gasteiger partial charge < -0.3 is 11.1 Å². The third-order valence-electron chi connectivity index (χ3n) is 4.22. The number of benzene rings is 1. The second-order valence-corrected chi connectivity index (χ2v) is 7.02. The van der Waals surface area contributed by atoms with E-state index in [1.165, 1.54) is 0 Å². The second kappa shape index (κ2) is 6.94. The van der Waals surface area contributed by atoms with Crippen LogP contribution in [0.2, 0.25) is 0 Å². The molecule has 1 aromatic heterocycles. The summed E-state index contributed by atoms with van der Waals surface area (Å²) in [4.78, 5) is 17.0. The highest BCUT2D eigenvalue weighted by molar-refractivity contribution is 7.18. The fourth-order valence-corrected chi connectivity index (χ4v) is 3.99. The van der Waals surface area contributed by atoms with Crippen molar-refractivity contribution >= 4 is 27.5 Å². The number of carbonyl (C=O) groups excluding carboxylic acids is 1. The molecule has 3 N–H and O–H groups in total. The lowest BCUT2D eigenvalue weighted by atomic mass is 9.82. The SMILES string of the molecule is NCC(F)(F)CNC(=O)C1CC=CCC1c1nc2ccccc2s1. The minimum atomic E-state index is -3.08.